The molecule has 1 heterocycles. The zero-order valence-electron chi connectivity index (χ0n) is 14.4. The first kappa shape index (κ1) is 20.1. The molecule has 28 heavy (non-hydrogen) atoms. The molecule has 0 radical (unpaired) electrons. The molecule has 0 unspecified atom stereocenters. The Kier molecular flexibility index (Phi) is 6.80. The molecule has 0 fully saturated rings. The maximum absolute atomic E-state index is 12.1. The third kappa shape index (κ3) is 5.91. The fourth-order valence-electron chi connectivity index (χ4n) is 2.21. The molecular formula is C18H15Cl2N5O2S. The SMILES string of the molecule is O=C(Cc1nnc(NC(=O)Nc2ccc(Cl)cc2Cl)s1)NCc1ccccc1. The van der Waals surface area contributed by atoms with E-state index in [-0.39, 0.29) is 17.5 Å². The second kappa shape index (κ2) is 9.50. The highest BCUT2D eigenvalue weighted by molar-refractivity contribution is 7.15. The molecule has 0 aliphatic heterocycles. The van der Waals surface area contributed by atoms with E-state index < -0.39 is 6.03 Å². The molecule has 0 spiro atoms. The van der Waals surface area contributed by atoms with Crippen molar-refractivity contribution in [2.24, 2.45) is 0 Å². The number of nitrogens with one attached hydrogen (secondary N) is 3. The fraction of sp³-hybridized carbons (Fsp3) is 0.111. The number of halogens is 2. The first-order chi connectivity index (χ1) is 13.5. The number of rotatable bonds is 6. The summed E-state index contributed by atoms with van der Waals surface area (Å²) >= 11 is 13.0. The van der Waals surface area contributed by atoms with Crippen molar-refractivity contribution in [3.63, 3.8) is 0 Å². The van der Waals surface area contributed by atoms with Gasteiger partial charge in [0.2, 0.25) is 11.0 Å². The van der Waals surface area contributed by atoms with Crippen LogP contribution in [0.2, 0.25) is 10.0 Å². The minimum Gasteiger partial charge on any atom is -0.352 e. The topological polar surface area (TPSA) is 96.0 Å². The highest BCUT2D eigenvalue weighted by Crippen LogP contribution is 2.25. The van der Waals surface area contributed by atoms with Crippen molar-refractivity contribution in [2.75, 3.05) is 10.6 Å². The van der Waals surface area contributed by atoms with Gasteiger partial charge in [0.05, 0.1) is 17.1 Å². The summed E-state index contributed by atoms with van der Waals surface area (Å²) in [5.41, 5.74) is 1.42. The lowest BCUT2D eigenvalue weighted by Gasteiger charge is -2.07. The number of anilines is 2. The summed E-state index contributed by atoms with van der Waals surface area (Å²) in [6.45, 7) is 0.438. The number of urea groups is 1. The monoisotopic (exact) mass is 435 g/mol. The van der Waals surface area contributed by atoms with Crippen molar-refractivity contribution in [3.8, 4) is 0 Å². The van der Waals surface area contributed by atoms with E-state index >= 15 is 0 Å². The smallest absolute Gasteiger partial charge is 0.325 e. The average Bonchev–Trinajstić information content (AvgIpc) is 3.10. The Morgan fingerprint density at radius 1 is 1.00 bits per heavy atom. The number of amides is 3. The first-order valence-electron chi connectivity index (χ1n) is 8.15. The lowest BCUT2D eigenvalue weighted by atomic mass is 10.2. The number of hydrogen-bond acceptors (Lipinski definition) is 5. The Bertz CT molecular complexity index is 981. The largest absolute Gasteiger partial charge is 0.352 e. The molecule has 0 atom stereocenters. The number of benzene rings is 2. The van der Waals surface area contributed by atoms with Crippen LogP contribution in [0.3, 0.4) is 0 Å². The van der Waals surface area contributed by atoms with Crippen molar-refractivity contribution in [1.29, 1.82) is 0 Å². The van der Waals surface area contributed by atoms with Gasteiger partial charge in [0.15, 0.2) is 0 Å². The van der Waals surface area contributed by atoms with Gasteiger partial charge in [-0.2, -0.15) is 0 Å². The summed E-state index contributed by atoms with van der Waals surface area (Å²) in [5.74, 6) is -0.177. The van der Waals surface area contributed by atoms with Gasteiger partial charge < -0.3 is 10.6 Å². The maximum Gasteiger partial charge on any atom is 0.325 e. The molecule has 10 heteroatoms. The standard InChI is InChI=1S/C18H15Cl2N5O2S/c19-12-6-7-14(13(20)8-12)22-17(27)23-18-25-24-16(28-18)9-15(26)21-10-11-4-2-1-3-5-11/h1-8H,9-10H2,(H,21,26)(H2,22,23,25,27). The molecule has 3 amide bonds. The van der Waals surface area contributed by atoms with E-state index in [0.717, 1.165) is 16.9 Å². The van der Waals surface area contributed by atoms with E-state index in [1.54, 1.807) is 12.1 Å². The molecule has 0 aliphatic carbocycles. The first-order valence-corrected chi connectivity index (χ1v) is 9.73. The van der Waals surface area contributed by atoms with Gasteiger partial charge in [-0.05, 0) is 23.8 Å². The van der Waals surface area contributed by atoms with Crippen LogP contribution in [-0.2, 0) is 17.8 Å². The van der Waals surface area contributed by atoms with Crippen molar-refractivity contribution >= 4 is 57.3 Å². The van der Waals surface area contributed by atoms with Crippen molar-refractivity contribution in [3.05, 3.63) is 69.1 Å². The van der Waals surface area contributed by atoms with Gasteiger partial charge in [0.1, 0.15) is 5.01 Å². The molecule has 2 aromatic carbocycles. The van der Waals surface area contributed by atoms with Gasteiger partial charge in [0.25, 0.3) is 0 Å². The average molecular weight is 436 g/mol. The van der Waals surface area contributed by atoms with Gasteiger partial charge in [0, 0.05) is 11.6 Å². The summed E-state index contributed by atoms with van der Waals surface area (Å²) < 4.78 is 0. The Balaban J connectivity index is 1.49. The quantitative estimate of drug-likeness (QED) is 0.536. The third-order valence-electron chi connectivity index (χ3n) is 3.51. The lowest BCUT2D eigenvalue weighted by Crippen LogP contribution is -2.24. The van der Waals surface area contributed by atoms with E-state index in [1.807, 2.05) is 30.3 Å². The number of hydrogen-bond donors (Lipinski definition) is 3. The summed E-state index contributed by atoms with van der Waals surface area (Å²) in [7, 11) is 0. The number of aromatic nitrogens is 2. The lowest BCUT2D eigenvalue weighted by molar-refractivity contribution is -0.120. The molecule has 1 aromatic heterocycles. The predicted octanol–water partition coefficient (Wildman–Crippen LogP) is 4.35. The normalized spacial score (nSPS) is 10.4. The van der Waals surface area contributed by atoms with Crippen LogP contribution in [0, 0.1) is 0 Å². The zero-order chi connectivity index (χ0) is 19.9. The molecule has 3 aromatic rings. The molecule has 3 N–H and O–H groups in total. The number of carbonyl (C=O) groups excluding carboxylic acids is 2. The molecular weight excluding hydrogens is 421 g/mol. The second-order valence-corrected chi connectivity index (χ2v) is 7.55. The molecule has 7 nitrogen and oxygen atoms in total. The van der Waals surface area contributed by atoms with E-state index in [2.05, 4.69) is 26.1 Å². The van der Waals surface area contributed by atoms with Crippen LogP contribution in [0.4, 0.5) is 15.6 Å². The van der Waals surface area contributed by atoms with Crippen LogP contribution < -0.4 is 16.0 Å². The predicted molar refractivity (Wildman–Crippen MR) is 111 cm³/mol. The maximum atomic E-state index is 12.1. The van der Waals surface area contributed by atoms with Gasteiger partial charge in [-0.1, -0.05) is 64.9 Å². The van der Waals surface area contributed by atoms with Crippen LogP contribution in [0.15, 0.2) is 48.5 Å². The van der Waals surface area contributed by atoms with Crippen molar-refractivity contribution in [1.82, 2.24) is 15.5 Å². The van der Waals surface area contributed by atoms with Gasteiger partial charge in [-0.15, -0.1) is 10.2 Å². The van der Waals surface area contributed by atoms with Crippen LogP contribution in [-0.4, -0.2) is 22.1 Å². The summed E-state index contributed by atoms with van der Waals surface area (Å²) in [6.07, 6.45) is 0.0802. The zero-order valence-corrected chi connectivity index (χ0v) is 16.7. The summed E-state index contributed by atoms with van der Waals surface area (Å²) in [4.78, 5) is 24.1. The highest BCUT2D eigenvalue weighted by Gasteiger charge is 2.12. The molecule has 144 valence electrons. The Morgan fingerprint density at radius 2 is 1.79 bits per heavy atom. The van der Waals surface area contributed by atoms with Gasteiger partial charge in [-0.25, -0.2) is 4.79 Å². The molecule has 0 bridgehead atoms. The second-order valence-electron chi connectivity index (χ2n) is 5.64. The van der Waals surface area contributed by atoms with Crippen LogP contribution >= 0.6 is 34.5 Å². The summed E-state index contributed by atoms with van der Waals surface area (Å²) in [5, 5.41) is 17.3. The van der Waals surface area contributed by atoms with Crippen LogP contribution in [0.25, 0.3) is 0 Å². The molecule has 0 saturated carbocycles. The van der Waals surface area contributed by atoms with E-state index in [1.165, 1.54) is 6.07 Å². The third-order valence-corrected chi connectivity index (χ3v) is 4.90. The molecule has 0 aliphatic rings. The summed E-state index contributed by atoms with van der Waals surface area (Å²) in [6, 6.07) is 13.8. The van der Waals surface area contributed by atoms with Crippen molar-refractivity contribution in [2.45, 2.75) is 13.0 Å². The Labute approximate surface area is 175 Å². The minimum absolute atomic E-state index is 0.0802. The number of nitrogens with zero attached hydrogens (tertiary/aromatic N) is 2. The number of carbonyl (C=O) groups is 2. The Hall–Kier alpha value is -2.68. The molecule has 3 rings (SSSR count). The van der Waals surface area contributed by atoms with Crippen LogP contribution in [0.1, 0.15) is 10.6 Å². The van der Waals surface area contributed by atoms with Gasteiger partial charge >= 0.3 is 6.03 Å². The van der Waals surface area contributed by atoms with Crippen LogP contribution in [0.5, 0.6) is 0 Å². The van der Waals surface area contributed by atoms with Gasteiger partial charge in [-0.3, -0.25) is 10.1 Å². The van der Waals surface area contributed by atoms with Crippen molar-refractivity contribution < 1.29 is 9.59 Å². The molecule has 0 saturated heterocycles. The fourth-order valence-corrected chi connectivity index (χ4v) is 3.40. The van der Waals surface area contributed by atoms with E-state index in [0.29, 0.717) is 27.3 Å². The Morgan fingerprint density at radius 3 is 2.54 bits per heavy atom. The highest BCUT2D eigenvalue weighted by atomic mass is 35.5. The van der Waals surface area contributed by atoms with E-state index in [9.17, 15) is 9.59 Å². The minimum atomic E-state index is -0.527. The van der Waals surface area contributed by atoms with E-state index in [4.69, 9.17) is 23.2 Å².